The minimum atomic E-state index is -0.557. The summed E-state index contributed by atoms with van der Waals surface area (Å²) in [5, 5.41) is 23.0. The fraction of sp³-hybridized carbons (Fsp3) is 0.462. The lowest BCUT2D eigenvalue weighted by Crippen LogP contribution is -2.49. The lowest BCUT2D eigenvalue weighted by atomic mass is 9.98. The monoisotopic (exact) mass is 342 g/mol. The Hall–Kier alpha value is -1.47. The molecule has 0 saturated heterocycles. The summed E-state index contributed by atoms with van der Waals surface area (Å²) in [7, 11) is 0. The van der Waals surface area contributed by atoms with E-state index >= 15 is 0 Å². The summed E-state index contributed by atoms with van der Waals surface area (Å²) < 4.78 is 0.371. The number of aliphatic hydroxyl groups excluding tert-OH is 1. The van der Waals surface area contributed by atoms with Crippen molar-refractivity contribution in [3.05, 3.63) is 38.3 Å². The van der Waals surface area contributed by atoms with Crippen molar-refractivity contribution in [1.82, 2.24) is 5.32 Å². The Morgan fingerprint density at radius 1 is 1.45 bits per heavy atom. The smallest absolute Gasteiger partial charge is 0.270 e. The maximum Gasteiger partial charge on any atom is 0.270 e. The van der Waals surface area contributed by atoms with Gasteiger partial charge in [0.2, 0.25) is 0 Å². The van der Waals surface area contributed by atoms with Crippen LogP contribution in [0.15, 0.2) is 22.7 Å². The second-order valence-corrected chi connectivity index (χ2v) is 5.88. The predicted molar refractivity (Wildman–Crippen MR) is 76.5 cm³/mol. The molecule has 1 aromatic carbocycles. The van der Waals surface area contributed by atoms with Crippen LogP contribution >= 0.6 is 15.9 Å². The number of hydrogen-bond acceptors (Lipinski definition) is 4. The molecule has 1 amide bonds. The third-order valence-corrected chi connectivity index (χ3v) is 4.31. The minimum absolute atomic E-state index is 0.0776. The number of halogens is 1. The lowest BCUT2D eigenvalue weighted by molar-refractivity contribution is -0.384. The van der Waals surface area contributed by atoms with Gasteiger partial charge in [0, 0.05) is 16.6 Å². The maximum atomic E-state index is 12.2. The van der Waals surface area contributed by atoms with Gasteiger partial charge in [-0.3, -0.25) is 14.9 Å². The van der Waals surface area contributed by atoms with E-state index in [1.54, 1.807) is 0 Å². The van der Waals surface area contributed by atoms with Gasteiger partial charge in [-0.05, 0) is 34.8 Å². The van der Waals surface area contributed by atoms with Crippen LogP contribution in [0.1, 0.15) is 36.0 Å². The first kappa shape index (κ1) is 14.9. The molecule has 1 aliphatic rings. The van der Waals surface area contributed by atoms with Gasteiger partial charge in [0.05, 0.1) is 22.6 Å². The molecule has 1 aromatic rings. The van der Waals surface area contributed by atoms with Gasteiger partial charge in [-0.2, -0.15) is 0 Å². The van der Waals surface area contributed by atoms with E-state index in [1.807, 2.05) is 0 Å². The molecule has 0 aromatic heterocycles. The Labute approximate surface area is 124 Å². The first-order valence-electron chi connectivity index (χ1n) is 6.35. The summed E-state index contributed by atoms with van der Waals surface area (Å²) in [6, 6.07) is 4.01. The van der Waals surface area contributed by atoms with Crippen LogP contribution in [0, 0.1) is 10.1 Å². The number of amides is 1. The van der Waals surface area contributed by atoms with Crippen molar-refractivity contribution in [2.75, 3.05) is 6.61 Å². The van der Waals surface area contributed by atoms with Crippen molar-refractivity contribution in [3.63, 3.8) is 0 Å². The molecule has 0 bridgehead atoms. The number of carbonyl (C=O) groups is 1. The van der Waals surface area contributed by atoms with Gasteiger partial charge in [0.25, 0.3) is 11.6 Å². The average molecular weight is 343 g/mol. The number of carbonyl (C=O) groups excluding carboxylic acids is 1. The van der Waals surface area contributed by atoms with E-state index in [9.17, 15) is 20.0 Å². The summed E-state index contributed by atoms with van der Waals surface area (Å²) in [5.41, 5.74) is -0.306. The van der Waals surface area contributed by atoms with E-state index < -0.39 is 10.5 Å². The van der Waals surface area contributed by atoms with Crippen molar-refractivity contribution in [1.29, 1.82) is 0 Å². The summed E-state index contributed by atoms with van der Waals surface area (Å²) in [6.45, 7) is -0.0939. The first-order chi connectivity index (χ1) is 9.47. The highest BCUT2D eigenvalue weighted by molar-refractivity contribution is 9.10. The zero-order valence-electron chi connectivity index (χ0n) is 10.8. The fourth-order valence-corrected chi connectivity index (χ4v) is 3.03. The molecule has 20 heavy (non-hydrogen) atoms. The molecule has 108 valence electrons. The largest absolute Gasteiger partial charge is 0.394 e. The van der Waals surface area contributed by atoms with Crippen molar-refractivity contribution in [2.45, 2.75) is 31.2 Å². The highest BCUT2D eigenvalue weighted by Crippen LogP contribution is 2.30. The highest BCUT2D eigenvalue weighted by atomic mass is 79.9. The average Bonchev–Trinajstić information content (AvgIpc) is 2.87. The molecule has 6 nitrogen and oxygen atoms in total. The van der Waals surface area contributed by atoms with Gasteiger partial charge >= 0.3 is 0 Å². The van der Waals surface area contributed by atoms with Crippen LogP contribution in [-0.4, -0.2) is 28.1 Å². The normalized spacial score (nSPS) is 16.9. The van der Waals surface area contributed by atoms with Gasteiger partial charge in [-0.1, -0.05) is 12.8 Å². The van der Waals surface area contributed by atoms with Crippen LogP contribution < -0.4 is 5.32 Å². The highest BCUT2D eigenvalue weighted by Gasteiger charge is 2.35. The van der Waals surface area contributed by atoms with E-state index in [1.165, 1.54) is 18.2 Å². The molecule has 7 heteroatoms. The molecule has 0 unspecified atom stereocenters. The zero-order valence-corrected chi connectivity index (χ0v) is 12.4. The molecule has 1 saturated carbocycles. The number of aliphatic hydroxyl groups is 1. The van der Waals surface area contributed by atoms with Gasteiger partial charge in [0.1, 0.15) is 0 Å². The van der Waals surface area contributed by atoms with Crippen LogP contribution in [0.3, 0.4) is 0 Å². The van der Waals surface area contributed by atoms with Gasteiger partial charge in [0.15, 0.2) is 0 Å². The number of non-ortho nitro benzene ring substituents is 1. The number of hydrogen-bond donors (Lipinski definition) is 2. The number of nitro benzene ring substituents is 1. The van der Waals surface area contributed by atoms with Crippen molar-refractivity contribution in [3.8, 4) is 0 Å². The summed E-state index contributed by atoms with van der Waals surface area (Å²) in [6.07, 6.45) is 3.45. The zero-order chi connectivity index (χ0) is 14.8. The number of nitro groups is 1. The van der Waals surface area contributed by atoms with Gasteiger partial charge < -0.3 is 10.4 Å². The Morgan fingerprint density at radius 3 is 2.60 bits per heavy atom. The quantitative estimate of drug-likeness (QED) is 0.649. The molecule has 0 spiro atoms. The van der Waals surface area contributed by atoms with E-state index in [2.05, 4.69) is 21.2 Å². The van der Waals surface area contributed by atoms with E-state index in [4.69, 9.17) is 0 Å². The third-order valence-electron chi connectivity index (χ3n) is 3.65. The molecule has 2 rings (SSSR count). The van der Waals surface area contributed by atoms with E-state index in [-0.39, 0.29) is 18.2 Å². The summed E-state index contributed by atoms with van der Waals surface area (Å²) in [4.78, 5) is 22.4. The standard InChI is InChI=1S/C13H15BrN2O4/c14-11-7-9(16(19)20)3-4-10(11)12(18)15-13(8-17)5-1-2-6-13/h3-4,7,17H,1-2,5-6,8H2,(H,15,18). The van der Waals surface area contributed by atoms with Crippen LogP contribution in [-0.2, 0) is 0 Å². The molecule has 1 fully saturated rings. The predicted octanol–water partition coefficient (Wildman–Crippen LogP) is 2.39. The molecular formula is C13H15BrN2O4. The molecule has 0 radical (unpaired) electrons. The van der Waals surface area contributed by atoms with Crippen LogP contribution in [0.5, 0.6) is 0 Å². The number of nitrogens with one attached hydrogen (secondary N) is 1. The first-order valence-corrected chi connectivity index (χ1v) is 7.14. The Kier molecular flexibility index (Phi) is 4.39. The Balaban J connectivity index is 2.19. The van der Waals surface area contributed by atoms with Crippen LogP contribution in [0.2, 0.25) is 0 Å². The molecule has 0 heterocycles. The fourth-order valence-electron chi connectivity index (χ4n) is 2.48. The molecule has 0 aliphatic heterocycles. The van der Waals surface area contributed by atoms with Crippen LogP contribution in [0.25, 0.3) is 0 Å². The molecular weight excluding hydrogens is 328 g/mol. The van der Waals surface area contributed by atoms with Crippen molar-refractivity contribution >= 4 is 27.5 Å². The molecule has 1 aliphatic carbocycles. The molecule has 2 N–H and O–H groups in total. The molecule has 0 atom stereocenters. The maximum absolute atomic E-state index is 12.2. The van der Waals surface area contributed by atoms with E-state index in [0.29, 0.717) is 10.0 Å². The Morgan fingerprint density at radius 2 is 2.10 bits per heavy atom. The van der Waals surface area contributed by atoms with Crippen LogP contribution in [0.4, 0.5) is 5.69 Å². The number of nitrogens with zero attached hydrogens (tertiary/aromatic N) is 1. The summed E-state index contributed by atoms with van der Waals surface area (Å²) >= 11 is 3.18. The number of benzene rings is 1. The SMILES string of the molecule is O=C(NC1(CO)CCCC1)c1ccc([N+](=O)[O-])cc1Br. The van der Waals surface area contributed by atoms with Gasteiger partial charge in [-0.15, -0.1) is 0 Å². The number of rotatable bonds is 4. The minimum Gasteiger partial charge on any atom is -0.394 e. The van der Waals surface area contributed by atoms with E-state index in [0.717, 1.165) is 25.7 Å². The summed E-state index contributed by atoms with van der Waals surface area (Å²) in [5.74, 6) is -0.331. The second-order valence-electron chi connectivity index (χ2n) is 5.02. The van der Waals surface area contributed by atoms with Gasteiger partial charge in [-0.25, -0.2) is 0 Å². The lowest BCUT2D eigenvalue weighted by Gasteiger charge is -2.28. The topological polar surface area (TPSA) is 92.5 Å². The van der Waals surface area contributed by atoms with Crippen molar-refractivity contribution in [2.24, 2.45) is 0 Å². The third kappa shape index (κ3) is 2.99. The van der Waals surface area contributed by atoms with Crippen molar-refractivity contribution < 1.29 is 14.8 Å². The Bertz CT molecular complexity index is 541. The second kappa shape index (κ2) is 5.88.